The third kappa shape index (κ3) is 2.33. The van der Waals surface area contributed by atoms with Gasteiger partial charge in [-0.15, -0.1) is 0 Å². The molecule has 0 bridgehead atoms. The second kappa shape index (κ2) is 5.12. The van der Waals surface area contributed by atoms with E-state index in [2.05, 4.69) is 16.5 Å². The van der Waals surface area contributed by atoms with Crippen molar-refractivity contribution in [1.29, 1.82) is 0 Å². The number of rotatable bonds is 3. The van der Waals surface area contributed by atoms with Crippen LogP contribution in [0.5, 0.6) is 5.75 Å². The maximum Gasteiger partial charge on any atom is 0.269 e. The summed E-state index contributed by atoms with van der Waals surface area (Å²) >= 11 is 0. The van der Waals surface area contributed by atoms with Gasteiger partial charge in [-0.25, -0.2) is 4.68 Å². The minimum atomic E-state index is -0.520. The van der Waals surface area contributed by atoms with Crippen LogP contribution >= 0.6 is 0 Å². The summed E-state index contributed by atoms with van der Waals surface area (Å²) in [5.74, 6) is 1.12. The molecule has 1 amide bonds. The minimum absolute atomic E-state index is 0.0317. The van der Waals surface area contributed by atoms with Crippen LogP contribution in [-0.4, -0.2) is 29.3 Å². The summed E-state index contributed by atoms with van der Waals surface area (Å²) in [5, 5.41) is 7.58. The van der Waals surface area contributed by atoms with Gasteiger partial charge in [-0.1, -0.05) is 17.7 Å². The zero-order chi connectivity index (χ0) is 15.0. The number of hydrogen-bond donors (Lipinski definition) is 2. The number of methoxy groups -OCH3 is 1. The molecule has 1 aromatic carbocycles. The third-order valence-corrected chi connectivity index (χ3v) is 3.75. The Labute approximate surface area is 122 Å². The summed E-state index contributed by atoms with van der Waals surface area (Å²) < 4.78 is 7.29. The molecule has 1 aliphatic rings. The zero-order valence-corrected chi connectivity index (χ0v) is 12.1. The molecule has 1 atom stereocenters. The van der Waals surface area contributed by atoms with Gasteiger partial charge in [0.1, 0.15) is 11.6 Å². The van der Waals surface area contributed by atoms with E-state index in [1.807, 2.05) is 23.7 Å². The summed E-state index contributed by atoms with van der Waals surface area (Å²) in [6.45, 7) is 2.86. The number of carbonyl (C=O) groups excluding carboxylic acids is 1. The van der Waals surface area contributed by atoms with Crippen LogP contribution in [0.2, 0.25) is 0 Å². The standard InChI is InChI=1S/C15H18N4O2/c1-9-3-4-13(21-2)10(7-9)12-5-6-17-14-8-11(15(16)20)18-19(12)14/h3-4,7-8,12,17H,5-6H2,1-2H3,(H2,16,20). The maximum atomic E-state index is 11.3. The largest absolute Gasteiger partial charge is 0.496 e. The van der Waals surface area contributed by atoms with Crippen molar-refractivity contribution >= 4 is 11.7 Å². The molecule has 0 radical (unpaired) electrons. The van der Waals surface area contributed by atoms with E-state index in [1.165, 1.54) is 0 Å². The number of aromatic nitrogens is 2. The Morgan fingerprint density at radius 1 is 1.48 bits per heavy atom. The lowest BCUT2D eigenvalue weighted by molar-refractivity contribution is 0.0994. The number of anilines is 1. The molecule has 3 rings (SSSR count). The predicted octanol–water partition coefficient (Wildman–Crippen LogP) is 1.70. The summed E-state index contributed by atoms with van der Waals surface area (Å²) in [6.07, 6.45) is 0.868. The molecule has 6 heteroatoms. The quantitative estimate of drug-likeness (QED) is 0.899. The van der Waals surface area contributed by atoms with Crippen molar-refractivity contribution in [3.63, 3.8) is 0 Å². The fourth-order valence-corrected chi connectivity index (χ4v) is 2.75. The average molecular weight is 286 g/mol. The third-order valence-electron chi connectivity index (χ3n) is 3.75. The normalized spacial score (nSPS) is 17.0. The molecule has 21 heavy (non-hydrogen) atoms. The van der Waals surface area contributed by atoms with Gasteiger partial charge in [-0.3, -0.25) is 4.79 Å². The molecule has 2 heterocycles. The molecular formula is C15H18N4O2. The van der Waals surface area contributed by atoms with Crippen LogP contribution < -0.4 is 15.8 Å². The molecule has 0 saturated carbocycles. The highest BCUT2D eigenvalue weighted by molar-refractivity contribution is 5.91. The van der Waals surface area contributed by atoms with E-state index in [9.17, 15) is 4.79 Å². The smallest absolute Gasteiger partial charge is 0.269 e. The van der Waals surface area contributed by atoms with Gasteiger partial charge in [0.2, 0.25) is 0 Å². The van der Waals surface area contributed by atoms with E-state index in [-0.39, 0.29) is 11.7 Å². The Kier molecular flexibility index (Phi) is 3.29. The minimum Gasteiger partial charge on any atom is -0.496 e. The molecule has 110 valence electrons. The highest BCUT2D eigenvalue weighted by Gasteiger charge is 2.26. The van der Waals surface area contributed by atoms with Crippen molar-refractivity contribution in [1.82, 2.24) is 9.78 Å². The first-order valence-corrected chi connectivity index (χ1v) is 6.88. The number of nitrogens with two attached hydrogens (primary N) is 1. The first-order valence-electron chi connectivity index (χ1n) is 6.88. The zero-order valence-electron chi connectivity index (χ0n) is 12.1. The Bertz CT molecular complexity index is 693. The summed E-state index contributed by atoms with van der Waals surface area (Å²) in [5.41, 5.74) is 7.83. The Morgan fingerprint density at radius 2 is 2.29 bits per heavy atom. The summed E-state index contributed by atoms with van der Waals surface area (Å²) in [6, 6.07) is 7.80. The van der Waals surface area contributed by atoms with E-state index < -0.39 is 5.91 Å². The number of nitrogens with zero attached hydrogens (tertiary/aromatic N) is 2. The molecule has 6 nitrogen and oxygen atoms in total. The number of amides is 1. The second-order valence-corrected chi connectivity index (χ2v) is 5.20. The molecule has 0 aliphatic carbocycles. The van der Waals surface area contributed by atoms with Crippen molar-refractivity contribution in [2.75, 3.05) is 19.0 Å². The van der Waals surface area contributed by atoms with Gasteiger partial charge in [0.05, 0.1) is 13.2 Å². The van der Waals surface area contributed by atoms with Crippen molar-refractivity contribution in [2.45, 2.75) is 19.4 Å². The number of primary amides is 1. The lowest BCUT2D eigenvalue weighted by atomic mass is 9.99. The van der Waals surface area contributed by atoms with Crippen LogP contribution in [0.1, 0.15) is 34.1 Å². The van der Waals surface area contributed by atoms with Crippen LogP contribution in [-0.2, 0) is 0 Å². The average Bonchev–Trinajstić information content (AvgIpc) is 2.91. The first-order chi connectivity index (χ1) is 10.1. The number of nitrogens with one attached hydrogen (secondary N) is 1. The van der Waals surface area contributed by atoms with E-state index in [0.29, 0.717) is 0 Å². The van der Waals surface area contributed by atoms with E-state index in [1.54, 1.807) is 13.2 Å². The second-order valence-electron chi connectivity index (χ2n) is 5.20. The van der Waals surface area contributed by atoms with Gasteiger partial charge < -0.3 is 15.8 Å². The lowest BCUT2D eigenvalue weighted by Gasteiger charge is -2.27. The molecule has 1 unspecified atom stereocenters. The van der Waals surface area contributed by atoms with Crippen molar-refractivity contribution < 1.29 is 9.53 Å². The molecule has 0 saturated heterocycles. The molecule has 1 aliphatic heterocycles. The Morgan fingerprint density at radius 3 is 3.00 bits per heavy atom. The number of benzene rings is 1. The van der Waals surface area contributed by atoms with Gasteiger partial charge in [0, 0.05) is 18.2 Å². The number of ether oxygens (including phenoxy) is 1. The van der Waals surface area contributed by atoms with Gasteiger partial charge in [0.15, 0.2) is 5.69 Å². The van der Waals surface area contributed by atoms with E-state index in [4.69, 9.17) is 10.5 Å². The Hall–Kier alpha value is -2.50. The summed E-state index contributed by atoms with van der Waals surface area (Å²) in [4.78, 5) is 11.3. The fraction of sp³-hybridized carbons (Fsp3) is 0.333. The number of aryl methyl sites for hydroxylation is 1. The van der Waals surface area contributed by atoms with Crippen LogP contribution in [0, 0.1) is 6.92 Å². The molecule has 2 aromatic rings. The van der Waals surface area contributed by atoms with Crippen molar-refractivity contribution in [3.8, 4) is 5.75 Å². The van der Waals surface area contributed by atoms with Crippen LogP contribution in [0.25, 0.3) is 0 Å². The molecule has 1 aromatic heterocycles. The number of carbonyl (C=O) groups is 1. The van der Waals surface area contributed by atoms with Crippen LogP contribution in [0.3, 0.4) is 0 Å². The highest BCUT2D eigenvalue weighted by Crippen LogP contribution is 2.35. The predicted molar refractivity (Wildman–Crippen MR) is 79.7 cm³/mol. The molecule has 0 spiro atoms. The maximum absolute atomic E-state index is 11.3. The van der Waals surface area contributed by atoms with Crippen molar-refractivity contribution in [2.24, 2.45) is 5.73 Å². The number of fused-ring (bicyclic) bond motifs is 1. The fourth-order valence-electron chi connectivity index (χ4n) is 2.75. The van der Waals surface area contributed by atoms with Gasteiger partial charge in [0.25, 0.3) is 5.91 Å². The topological polar surface area (TPSA) is 82.2 Å². The van der Waals surface area contributed by atoms with Crippen molar-refractivity contribution in [3.05, 3.63) is 41.1 Å². The monoisotopic (exact) mass is 286 g/mol. The SMILES string of the molecule is COc1ccc(C)cc1C1CCNc2cc(C(N)=O)nn21. The van der Waals surface area contributed by atoms with Gasteiger partial charge in [-0.2, -0.15) is 5.10 Å². The molecule has 3 N–H and O–H groups in total. The van der Waals surface area contributed by atoms with E-state index in [0.717, 1.165) is 35.7 Å². The van der Waals surface area contributed by atoms with Crippen LogP contribution in [0.4, 0.5) is 5.82 Å². The van der Waals surface area contributed by atoms with Gasteiger partial charge in [-0.05, 0) is 19.4 Å². The molecule has 0 fully saturated rings. The van der Waals surface area contributed by atoms with Gasteiger partial charge >= 0.3 is 0 Å². The highest BCUT2D eigenvalue weighted by atomic mass is 16.5. The summed E-state index contributed by atoms with van der Waals surface area (Å²) in [7, 11) is 1.66. The first kappa shape index (κ1) is 13.5. The molecular weight excluding hydrogens is 268 g/mol. The Balaban J connectivity index is 2.10. The van der Waals surface area contributed by atoms with E-state index >= 15 is 0 Å². The lowest BCUT2D eigenvalue weighted by Crippen LogP contribution is -2.25. The number of hydrogen-bond acceptors (Lipinski definition) is 4. The van der Waals surface area contributed by atoms with Crippen LogP contribution in [0.15, 0.2) is 24.3 Å².